The Hall–Kier alpha value is -1.70. The van der Waals surface area contributed by atoms with E-state index >= 15 is 0 Å². The Morgan fingerprint density at radius 3 is 2.48 bits per heavy atom. The van der Waals surface area contributed by atoms with Crippen LogP contribution in [0.15, 0.2) is 27.9 Å². The van der Waals surface area contributed by atoms with Gasteiger partial charge in [0.25, 0.3) is 5.56 Å². The molecule has 1 aromatic rings. The van der Waals surface area contributed by atoms with Crippen molar-refractivity contribution in [2.45, 2.75) is 77.2 Å². The zero-order chi connectivity index (χ0) is 19.5. The minimum Gasteiger partial charge on any atom is -0.393 e. The largest absolute Gasteiger partial charge is 0.393 e. The maximum atomic E-state index is 12.0. The fourth-order valence-electron chi connectivity index (χ4n) is 3.09. The third kappa shape index (κ3) is 7.08. The first-order valence-corrected chi connectivity index (χ1v) is 10.0. The van der Waals surface area contributed by atoms with E-state index in [1.165, 1.54) is 49.3 Å². The predicted molar refractivity (Wildman–Crippen MR) is 104 cm³/mol. The quantitative estimate of drug-likeness (QED) is 0.405. The standard InChI is InChI=1S/C20H32N2O5/c1-2-3-4-5-6-7-8-9-12-26-15-16-13-22(20(25)21-19(16)24)18-11-10-17(14-23)27-18/h10-11,13,17-18,23H,2-9,12,14-15H2,1H3,(H,21,24,25)/t17-,18-/m0/s1. The highest BCUT2D eigenvalue weighted by atomic mass is 16.5. The number of nitrogens with one attached hydrogen (secondary N) is 1. The summed E-state index contributed by atoms with van der Waals surface area (Å²) in [4.78, 5) is 26.3. The maximum Gasteiger partial charge on any atom is 0.330 e. The van der Waals surface area contributed by atoms with Crippen LogP contribution < -0.4 is 11.2 Å². The summed E-state index contributed by atoms with van der Waals surface area (Å²) < 4.78 is 12.4. The normalized spacial score (nSPS) is 19.0. The molecule has 1 aliphatic heterocycles. The van der Waals surface area contributed by atoms with E-state index in [9.17, 15) is 9.59 Å². The number of hydrogen-bond acceptors (Lipinski definition) is 5. The molecule has 0 aliphatic carbocycles. The zero-order valence-corrected chi connectivity index (χ0v) is 16.2. The number of aromatic nitrogens is 2. The highest BCUT2D eigenvalue weighted by Gasteiger charge is 2.21. The summed E-state index contributed by atoms with van der Waals surface area (Å²) in [6.07, 6.45) is 13.6. The minimum absolute atomic E-state index is 0.153. The summed E-state index contributed by atoms with van der Waals surface area (Å²) in [7, 11) is 0. The molecule has 0 unspecified atom stereocenters. The lowest BCUT2D eigenvalue weighted by Crippen LogP contribution is -2.34. The molecule has 2 heterocycles. The second kappa shape index (κ2) is 11.9. The van der Waals surface area contributed by atoms with E-state index in [0.717, 1.165) is 12.8 Å². The van der Waals surface area contributed by atoms with Gasteiger partial charge in [0.05, 0.1) is 18.8 Å². The third-order valence-corrected chi connectivity index (χ3v) is 4.70. The molecule has 0 saturated carbocycles. The van der Waals surface area contributed by atoms with Crippen LogP contribution >= 0.6 is 0 Å². The van der Waals surface area contributed by atoms with E-state index in [1.54, 1.807) is 12.2 Å². The van der Waals surface area contributed by atoms with Crippen LogP contribution in [0.4, 0.5) is 0 Å². The SMILES string of the molecule is CCCCCCCCCCOCc1cn([C@@H]2C=C[C@@H](CO)O2)c(=O)[nH]c1=O. The van der Waals surface area contributed by atoms with E-state index in [0.29, 0.717) is 12.2 Å². The molecule has 0 spiro atoms. The molecule has 0 radical (unpaired) electrons. The van der Waals surface area contributed by atoms with E-state index in [2.05, 4.69) is 11.9 Å². The summed E-state index contributed by atoms with van der Waals surface area (Å²) in [6, 6.07) is 0. The van der Waals surface area contributed by atoms with Gasteiger partial charge in [-0.15, -0.1) is 0 Å². The van der Waals surface area contributed by atoms with Gasteiger partial charge in [-0.05, 0) is 12.5 Å². The van der Waals surface area contributed by atoms with Crippen molar-refractivity contribution in [1.29, 1.82) is 0 Å². The van der Waals surface area contributed by atoms with Crippen molar-refractivity contribution in [3.8, 4) is 0 Å². The number of unbranched alkanes of at least 4 members (excludes halogenated alkanes) is 7. The van der Waals surface area contributed by atoms with Crippen molar-refractivity contribution < 1.29 is 14.6 Å². The van der Waals surface area contributed by atoms with Crippen LogP contribution in [0.1, 0.15) is 70.1 Å². The van der Waals surface area contributed by atoms with Gasteiger partial charge in [-0.2, -0.15) is 0 Å². The molecular formula is C20H32N2O5. The second-order valence-corrected chi connectivity index (χ2v) is 6.98. The molecule has 2 atom stereocenters. The molecule has 1 aliphatic rings. The van der Waals surface area contributed by atoms with E-state index in [-0.39, 0.29) is 13.2 Å². The molecule has 2 N–H and O–H groups in total. The summed E-state index contributed by atoms with van der Waals surface area (Å²) >= 11 is 0. The van der Waals surface area contributed by atoms with Crippen molar-refractivity contribution in [2.75, 3.05) is 13.2 Å². The average Bonchev–Trinajstić information content (AvgIpc) is 3.13. The highest BCUT2D eigenvalue weighted by molar-refractivity contribution is 5.07. The Labute approximate surface area is 160 Å². The van der Waals surface area contributed by atoms with Crippen LogP contribution in [0, 0.1) is 0 Å². The lowest BCUT2D eigenvalue weighted by molar-refractivity contribution is -0.0107. The Bertz CT molecular complexity index is 694. The van der Waals surface area contributed by atoms with Crippen LogP contribution in [0.5, 0.6) is 0 Å². The molecule has 0 aromatic carbocycles. The number of ether oxygens (including phenoxy) is 2. The molecule has 0 amide bonds. The van der Waals surface area contributed by atoms with Crippen LogP contribution in [0.25, 0.3) is 0 Å². The average molecular weight is 380 g/mol. The Kier molecular flexibility index (Phi) is 9.52. The van der Waals surface area contributed by atoms with Crippen LogP contribution in [-0.4, -0.2) is 34.0 Å². The van der Waals surface area contributed by atoms with Gasteiger partial charge in [0.2, 0.25) is 0 Å². The first kappa shape index (κ1) is 21.6. The summed E-state index contributed by atoms with van der Waals surface area (Å²) in [5.41, 5.74) is -0.591. The van der Waals surface area contributed by atoms with Gasteiger partial charge < -0.3 is 14.6 Å². The smallest absolute Gasteiger partial charge is 0.330 e. The van der Waals surface area contributed by atoms with E-state index in [1.807, 2.05) is 0 Å². The van der Waals surface area contributed by atoms with Crippen LogP contribution in [0.2, 0.25) is 0 Å². The lowest BCUT2D eigenvalue weighted by Gasteiger charge is -2.15. The zero-order valence-electron chi connectivity index (χ0n) is 16.2. The molecular weight excluding hydrogens is 348 g/mol. The van der Waals surface area contributed by atoms with E-state index in [4.69, 9.17) is 14.6 Å². The van der Waals surface area contributed by atoms with Crippen molar-refractivity contribution in [1.82, 2.24) is 9.55 Å². The molecule has 1 aromatic heterocycles. The first-order valence-electron chi connectivity index (χ1n) is 10.0. The van der Waals surface area contributed by atoms with Crippen LogP contribution in [0.3, 0.4) is 0 Å². The van der Waals surface area contributed by atoms with Gasteiger partial charge in [0.1, 0.15) is 6.10 Å². The molecule has 7 nitrogen and oxygen atoms in total. The predicted octanol–water partition coefficient (Wildman–Crippen LogP) is 2.64. The minimum atomic E-state index is -0.627. The number of aromatic amines is 1. The summed E-state index contributed by atoms with van der Waals surface area (Å²) in [6.45, 7) is 2.82. The lowest BCUT2D eigenvalue weighted by atomic mass is 10.1. The Morgan fingerprint density at radius 1 is 1.11 bits per heavy atom. The van der Waals surface area contributed by atoms with Crippen molar-refractivity contribution >= 4 is 0 Å². The van der Waals surface area contributed by atoms with E-state index < -0.39 is 23.6 Å². The topological polar surface area (TPSA) is 93.6 Å². The highest BCUT2D eigenvalue weighted by Crippen LogP contribution is 2.19. The molecule has 7 heteroatoms. The molecule has 0 saturated heterocycles. The number of rotatable bonds is 13. The summed E-state index contributed by atoms with van der Waals surface area (Å²) in [5, 5.41) is 9.12. The first-order chi connectivity index (χ1) is 13.2. The fourth-order valence-corrected chi connectivity index (χ4v) is 3.09. The monoisotopic (exact) mass is 380 g/mol. The molecule has 27 heavy (non-hydrogen) atoms. The number of hydrogen-bond donors (Lipinski definition) is 2. The Morgan fingerprint density at radius 2 is 1.81 bits per heavy atom. The van der Waals surface area contributed by atoms with Gasteiger partial charge in [-0.3, -0.25) is 14.3 Å². The van der Waals surface area contributed by atoms with Gasteiger partial charge in [0, 0.05) is 12.8 Å². The summed E-state index contributed by atoms with van der Waals surface area (Å²) in [5.74, 6) is 0. The van der Waals surface area contributed by atoms with Gasteiger partial charge in [-0.1, -0.05) is 57.9 Å². The number of aliphatic hydroxyl groups excluding tert-OH is 1. The van der Waals surface area contributed by atoms with Gasteiger partial charge >= 0.3 is 5.69 Å². The Balaban J connectivity index is 1.73. The van der Waals surface area contributed by atoms with Crippen molar-refractivity contribution in [3.63, 3.8) is 0 Å². The van der Waals surface area contributed by atoms with Gasteiger partial charge in [0.15, 0.2) is 6.23 Å². The third-order valence-electron chi connectivity index (χ3n) is 4.70. The maximum absolute atomic E-state index is 12.0. The molecule has 0 bridgehead atoms. The fraction of sp³-hybridized carbons (Fsp3) is 0.700. The number of nitrogens with zero attached hydrogens (tertiary/aromatic N) is 1. The van der Waals surface area contributed by atoms with Crippen LogP contribution in [-0.2, 0) is 16.1 Å². The van der Waals surface area contributed by atoms with Crippen molar-refractivity contribution in [3.05, 3.63) is 44.8 Å². The number of H-pyrrole nitrogens is 1. The molecule has 152 valence electrons. The van der Waals surface area contributed by atoms with Crippen molar-refractivity contribution in [2.24, 2.45) is 0 Å². The molecule has 0 fully saturated rings. The second-order valence-electron chi connectivity index (χ2n) is 6.98. The number of aliphatic hydroxyl groups is 1. The molecule has 2 rings (SSSR count). The van der Waals surface area contributed by atoms with Gasteiger partial charge in [-0.25, -0.2) is 4.79 Å².